The maximum atomic E-state index is 10.7. The van der Waals surface area contributed by atoms with Crippen molar-refractivity contribution in [3.05, 3.63) is 21.5 Å². The van der Waals surface area contributed by atoms with Crippen LogP contribution in [0.5, 0.6) is 0 Å². The molecule has 0 aliphatic carbocycles. The van der Waals surface area contributed by atoms with Crippen LogP contribution < -0.4 is 0 Å². The number of nitro groups is 1. The van der Waals surface area contributed by atoms with E-state index in [-0.39, 0.29) is 5.69 Å². The molecule has 1 heterocycles. The summed E-state index contributed by atoms with van der Waals surface area (Å²) in [4.78, 5) is 31.1. The molecule has 0 aliphatic heterocycles. The second kappa shape index (κ2) is 3.96. The van der Waals surface area contributed by atoms with Gasteiger partial charge in [-0.2, -0.15) is 5.10 Å². The first-order chi connectivity index (χ1) is 7.36. The van der Waals surface area contributed by atoms with Crippen molar-refractivity contribution in [2.24, 2.45) is 0 Å². The summed E-state index contributed by atoms with van der Waals surface area (Å²) in [5, 5.41) is 33.5. The van der Waals surface area contributed by atoms with E-state index < -0.39 is 34.2 Å². The maximum Gasteiger partial charge on any atom is 0.324 e. The molecule has 0 unspecified atom stereocenters. The van der Waals surface area contributed by atoms with Crippen molar-refractivity contribution in [3.8, 4) is 0 Å². The number of nitrogens with zero attached hydrogens (tertiary/aromatic N) is 2. The number of H-pyrrole nitrogens is 1. The van der Waals surface area contributed by atoms with Crippen molar-refractivity contribution in [1.29, 1.82) is 0 Å². The lowest BCUT2D eigenvalue weighted by Gasteiger charge is -2.02. The summed E-state index contributed by atoms with van der Waals surface area (Å²) in [6.07, 6.45) is 0. The molecule has 1 aromatic rings. The lowest BCUT2D eigenvalue weighted by Crippen LogP contribution is -2.22. The van der Waals surface area contributed by atoms with Gasteiger partial charge in [0, 0.05) is 0 Å². The van der Waals surface area contributed by atoms with E-state index in [1.54, 1.807) is 0 Å². The quantitative estimate of drug-likeness (QED) is 0.370. The lowest BCUT2D eigenvalue weighted by molar-refractivity contribution is -0.386. The highest BCUT2D eigenvalue weighted by Gasteiger charge is 2.38. The Kier molecular flexibility index (Phi) is 2.88. The molecule has 0 spiro atoms. The minimum Gasteiger partial charge on any atom is -0.480 e. The molecular formula is C7H7N3O6. The lowest BCUT2D eigenvalue weighted by atomic mass is 10.0. The number of aryl methyl sites for hydroxylation is 1. The minimum absolute atomic E-state index is 0.00694. The van der Waals surface area contributed by atoms with Crippen LogP contribution in [0, 0.1) is 17.0 Å². The van der Waals surface area contributed by atoms with Gasteiger partial charge in [0.2, 0.25) is 5.92 Å². The number of aromatic nitrogens is 2. The third kappa shape index (κ3) is 1.82. The summed E-state index contributed by atoms with van der Waals surface area (Å²) in [6, 6.07) is 0. The number of carboxylic acid groups (broad SMARTS) is 2. The number of aliphatic carboxylic acids is 2. The van der Waals surface area contributed by atoms with E-state index in [1.807, 2.05) is 0 Å². The Bertz CT molecular complexity index is 451. The molecule has 86 valence electrons. The molecule has 0 amide bonds. The maximum absolute atomic E-state index is 10.7. The van der Waals surface area contributed by atoms with Crippen molar-refractivity contribution < 1.29 is 24.7 Å². The van der Waals surface area contributed by atoms with E-state index >= 15 is 0 Å². The standard InChI is InChI=1S/C7H7N3O6/c1-2-5(10(15)16)4(9-8-2)3(6(11)12)7(13)14/h3H,1H3,(H,8,9)(H,11,12)(H,13,14). The number of carbonyl (C=O) groups is 2. The SMILES string of the molecule is Cc1[nH]nc(C(C(=O)O)C(=O)O)c1[N+](=O)[O-]. The summed E-state index contributed by atoms with van der Waals surface area (Å²) >= 11 is 0. The molecule has 0 fully saturated rings. The number of aromatic amines is 1. The average molecular weight is 229 g/mol. The van der Waals surface area contributed by atoms with Crippen LogP contribution in [-0.2, 0) is 9.59 Å². The van der Waals surface area contributed by atoms with Crippen molar-refractivity contribution >= 4 is 17.6 Å². The normalized spacial score (nSPS) is 10.4. The summed E-state index contributed by atoms with van der Waals surface area (Å²) in [5.41, 5.74) is -1.22. The molecule has 0 aromatic carbocycles. The van der Waals surface area contributed by atoms with Gasteiger partial charge in [0.05, 0.1) is 4.92 Å². The predicted octanol–water partition coefficient (Wildman–Crippen LogP) is -0.121. The van der Waals surface area contributed by atoms with Crippen LogP contribution in [0.25, 0.3) is 0 Å². The minimum atomic E-state index is -2.05. The third-order valence-electron chi connectivity index (χ3n) is 1.89. The second-order valence-corrected chi connectivity index (χ2v) is 2.95. The van der Waals surface area contributed by atoms with Crippen molar-refractivity contribution in [2.45, 2.75) is 12.8 Å². The molecule has 9 heteroatoms. The first kappa shape index (κ1) is 11.6. The molecule has 1 rings (SSSR count). The summed E-state index contributed by atoms with van der Waals surface area (Å²) in [7, 11) is 0. The fourth-order valence-corrected chi connectivity index (χ4v) is 1.21. The molecular weight excluding hydrogens is 222 g/mol. The van der Waals surface area contributed by atoms with Crippen LogP contribution >= 0.6 is 0 Å². The number of carboxylic acids is 2. The predicted molar refractivity (Wildman–Crippen MR) is 48.0 cm³/mol. The molecule has 9 nitrogen and oxygen atoms in total. The van der Waals surface area contributed by atoms with Gasteiger partial charge in [0.15, 0.2) is 5.69 Å². The van der Waals surface area contributed by atoms with Crippen LogP contribution in [0.1, 0.15) is 17.3 Å². The van der Waals surface area contributed by atoms with E-state index in [9.17, 15) is 19.7 Å². The van der Waals surface area contributed by atoms with Gasteiger partial charge in [-0.3, -0.25) is 24.8 Å². The Labute approximate surface area is 87.9 Å². The highest BCUT2D eigenvalue weighted by atomic mass is 16.6. The van der Waals surface area contributed by atoms with Gasteiger partial charge in [-0.1, -0.05) is 0 Å². The van der Waals surface area contributed by atoms with Crippen molar-refractivity contribution in [3.63, 3.8) is 0 Å². The van der Waals surface area contributed by atoms with Crippen LogP contribution in [0.3, 0.4) is 0 Å². The van der Waals surface area contributed by atoms with Gasteiger partial charge in [-0.05, 0) is 6.92 Å². The number of hydrogen-bond donors (Lipinski definition) is 3. The van der Waals surface area contributed by atoms with Crippen molar-refractivity contribution in [1.82, 2.24) is 10.2 Å². The Hall–Kier alpha value is -2.45. The Morgan fingerprint density at radius 1 is 1.44 bits per heavy atom. The fraction of sp³-hybridized carbons (Fsp3) is 0.286. The molecule has 1 aromatic heterocycles. The zero-order chi connectivity index (χ0) is 12.5. The van der Waals surface area contributed by atoms with Gasteiger partial charge in [-0.25, -0.2) is 0 Å². The van der Waals surface area contributed by atoms with Gasteiger partial charge < -0.3 is 10.2 Å². The highest BCUT2D eigenvalue weighted by Crippen LogP contribution is 2.27. The van der Waals surface area contributed by atoms with Gasteiger partial charge >= 0.3 is 17.6 Å². The fourth-order valence-electron chi connectivity index (χ4n) is 1.21. The number of rotatable bonds is 4. The van der Waals surface area contributed by atoms with E-state index in [2.05, 4.69) is 10.2 Å². The first-order valence-corrected chi connectivity index (χ1v) is 4.01. The molecule has 0 saturated heterocycles. The third-order valence-corrected chi connectivity index (χ3v) is 1.89. The van der Waals surface area contributed by atoms with E-state index in [1.165, 1.54) is 6.92 Å². The number of nitrogens with one attached hydrogen (secondary N) is 1. The average Bonchev–Trinajstić information content (AvgIpc) is 2.46. The first-order valence-electron chi connectivity index (χ1n) is 4.01. The zero-order valence-corrected chi connectivity index (χ0v) is 8.00. The van der Waals surface area contributed by atoms with E-state index in [0.717, 1.165) is 0 Å². The topological polar surface area (TPSA) is 146 Å². The van der Waals surface area contributed by atoms with Gasteiger partial charge in [0.1, 0.15) is 5.69 Å². The molecule has 0 atom stereocenters. The molecule has 0 bridgehead atoms. The summed E-state index contributed by atoms with van der Waals surface area (Å²) in [6.45, 7) is 1.30. The molecule has 3 N–H and O–H groups in total. The Morgan fingerprint density at radius 2 is 1.94 bits per heavy atom. The summed E-state index contributed by atoms with van der Waals surface area (Å²) in [5.74, 6) is -5.46. The Balaban J connectivity index is 3.36. The largest absolute Gasteiger partial charge is 0.480 e. The Morgan fingerprint density at radius 3 is 2.31 bits per heavy atom. The molecule has 0 aliphatic rings. The second-order valence-electron chi connectivity index (χ2n) is 2.95. The van der Waals surface area contributed by atoms with Crippen LogP contribution in [0.15, 0.2) is 0 Å². The zero-order valence-electron chi connectivity index (χ0n) is 8.00. The molecule has 16 heavy (non-hydrogen) atoms. The molecule has 0 saturated carbocycles. The van der Waals surface area contributed by atoms with Crippen LogP contribution in [0.2, 0.25) is 0 Å². The summed E-state index contributed by atoms with van der Waals surface area (Å²) < 4.78 is 0. The van der Waals surface area contributed by atoms with Crippen molar-refractivity contribution in [2.75, 3.05) is 0 Å². The number of hydrogen-bond acceptors (Lipinski definition) is 5. The van der Waals surface area contributed by atoms with Gasteiger partial charge in [-0.15, -0.1) is 0 Å². The monoisotopic (exact) mass is 229 g/mol. The van der Waals surface area contributed by atoms with E-state index in [0.29, 0.717) is 0 Å². The van der Waals surface area contributed by atoms with Crippen LogP contribution in [0.4, 0.5) is 5.69 Å². The highest BCUT2D eigenvalue weighted by molar-refractivity contribution is 5.99. The van der Waals surface area contributed by atoms with Gasteiger partial charge in [0.25, 0.3) is 0 Å². The molecule has 0 radical (unpaired) electrons. The van der Waals surface area contributed by atoms with Crippen LogP contribution in [-0.4, -0.2) is 37.3 Å². The smallest absolute Gasteiger partial charge is 0.324 e. The van der Waals surface area contributed by atoms with E-state index in [4.69, 9.17) is 10.2 Å².